The Kier molecular flexibility index (Phi) is 15.0. The third kappa shape index (κ3) is 11.3. The number of halogens is 1. The van der Waals surface area contributed by atoms with Crippen LogP contribution in [0.3, 0.4) is 0 Å². The molecule has 12 rings (SSSR count). The highest BCUT2D eigenvalue weighted by Crippen LogP contribution is 2.49. The molecule has 2 aliphatic carbocycles. The number of hydrogen-bond donors (Lipinski definition) is 5. The van der Waals surface area contributed by atoms with E-state index in [1.807, 2.05) is 25.1 Å². The zero-order chi connectivity index (χ0) is 56.2. The van der Waals surface area contributed by atoms with E-state index in [1.54, 1.807) is 32.2 Å². The highest BCUT2D eigenvalue weighted by molar-refractivity contribution is 7.90. The molecule has 1 amide bonds. The third-order valence-electron chi connectivity index (χ3n) is 18.2. The Morgan fingerprint density at radius 3 is 2.41 bits per heavy atom. The third-order valence-corrected chi connectivity index (χ3v) is 19.6. The van der Waals surface area contributed by atoms with E-state index in [0.717, 1.165) is 126 Å². The fourth-order valence-corrected chi connectivity index (χ4v) is 14.6. The molecule has 3 aliphatic heterocycles. The van der Waals surface area contributed by atoms with Gasteiger partial charge in [-0.25, -0.2) is 22.5 Å². The second-order valence-electron chi connectivity index (χ2n) is 24.3. The van der Waals surface area contributed by atoms with Crippen molar-refractivity contribution in [1.82, 2.24) is 34.5 Å². The molecule has 2 saturated carbocycles. The number of ether oxygens (including phenoxy) is 3. The number of aromatic nitrogens is 4. The molecule has 6 heterocycles. The molecule has 18 heteroatoms. The van der Waals surface area contributed by atoms with Crippen molar-refractivity contribution >= 4 is 49.4 Å². The monoisotopic (exact) mass is 1120 g/mol. The number of sulfonamides is 1. The minimum atomic E-state index is -4.53. The summed E-state index contributed by atoms with van der Waals surface area (Å²) in [6, 6.07) is 26.3. The van der Waals surface area contributed by atoms with Crippen LogP contribution in [0.2, 0.25) is 0 Å². The van der Waals surface area contributed by atoms with Crippen LogP contribution in [0.5, 0.6) is 23.1 Å². The lowest BCUT2D eigenvalue weighted by Gasteiger charge is -2.59. The van der Waals surface area contributed by atoms with E-state index in [1.165, 1.54) is 35.3 Å². The van der Waals surface area contributed by atoms with Crippen LogP contribution >= 0.6 is 0 Å². The molecule has 0 radical (unpaired) electrons. The summed E-state index contributed by atoms with van der Waals surface area (Å²) in [5, 5.41) is 14.4. The Morgan fingerprint density at radius 1 is 0.914 bits per heavy atom. The number of nitrogens with zero attached hydrogens (tertiary/aromatic N) is 5. The first-order chi connectivity index (χ1) is 39.1. The van der Waals surface area contributed by atoms with Crippen molar-refractivity contribution in [2.75, 3.05) is 69.7 Å². The number of aromatic amines is 2. The first kappa shape index (κ1) is 54.8. The molecule has 2 unspecified atom stereocenters. The number of anilines is 2. The Morgan fingerprint density at radius 2 is 1.68 bits per heavy atom. The van der Waals surface area contributed by atoms with Gasteiger partial charge < -0.3 is 39.5 Å². The van der Waals surface area contributed by atoms with Gasteiger partial charge in [-0.3, -0.25) is 14.6 Å². The zero-order valence-electron chi connectivity index (χ0n) is 47.2. The molecular weight excluding hydrogens is 1050 g/mol. The van der Waals surface area contributed by atoms with E-state index < -0.39 is 27.3 Å². The Labute approximate surface area is 474 Å². The molecule has 2 atom stereocenters. The number of H-pyrrole nitrogens is 2. The number of nitrogens with one attached hydrogen (secondary N) is 4. The Bertz CT molecular complexity index is 3540. The number of piperidine rings is 2. The lowest BCUT2D eigenvalue weighted by molar-refractivity contribution is -0.0686. The molecule has 5 N–H and O–H groups in total. The van der Waals surface area contributed by atoms with E-state index >= 15 is 4.39 Å². The minimum absolute atomic E-state index is 0.0448. The number of hydrogen-bond acceptors (Lipinski definition) is 13. The number of rotatable bonds is 18. The van der Waals surface area contributed by atoms with Gasteiger partial charge in [0.2, 0.25) is 0 Å². The number of amides is 1. The largest absolute Gasteiger partial charge is 0.497 e. The van der Waals surface area contributed by atoms with E-state index in [0.29, 0.717) is 35.9 Å². The normalized spacial score (nSPS) is 22.5. The molecule has 5 fully saturated rings. The van der Waals surface area contributed by atoms with E-state index in [9.17, 15) is 18.3 Å². The molecule has 4 aromatic carbocycles. The molecule has 81 heavy (non-hydrogen) atoms. The molecule has 428 valence electrons. The molecule has 1 spiro atoms. The summed E-state index contributed by atoms with van der Waals surface area (Å²) in [7, 11) is -2.83. The fraction of sp³-hybridized carbons (Fsp3) is 0.476. The van der Waals surface area contributed by atoms with Crippen LogP contribution in [0, 0.1) is 17.2 Å². The van der Waals surface area contributed by atoms with Crippen LogP contribution in [0.15, 0.2) is 96.3 Å². The molecule has 0 bridgehead atoms. The number of likely N-dealkylation sites (tertiary alicyclic amines) is 2. The van der Waals surface area contributed by atoms with Gasteiger partial charge in [-0.05, 0) is 147 Å². The fourth-order valence-electron chi connectivity index (χ4n) is 13.4. The maximum atomic E-state index is 15.1. The average Bonchev–Trinajstić information content (AvgIpc) is 4.33. The van der Waals surface area contributed by atoms with E-state index in [4.69, 9.17) is 14.2 Å². The van der Waals surface area contributed by atoms with Gasteiger partial charge in [-0.15, -0.1) is 0 Å². The van der Waals surface area contributed by atoms with Gasteiger partial charge in [-0.2, -0.15) is 4.98 Å². The maximum absolute atomic E-state index is 15.1. The molecule has 16 nitrogen and oxygen atoms in total. The first-order valence-corrected chi connectivity index (χ1v) is 30.6. The van der Waals surface area contributed by atoms with Crippen LogP contribution in [-0.2, 0) is 16.6 Å². The van der Waals surface area contributed by atoms with Crippen LogP contribution in [-0.4, -0.2) is 120 Å². The molecule has 7 aromatic rings. The first-order valence-electron chi connectivity index (χ1n) is 29.2. The summed E-state index contributed by atoms with van der Waals surface area (Å²) in [4.78, 5) is 37.3. The second-order valence-corrected chi connectivity index (χ2v) is 25.9. The van der Waals surface area contributed by atoms with Crippen LogP contribution in [0.4, 0.5) is 15.8 Å². The summed E-state index contributed by atoms with van der Waals surface area (Å²) in [6.07, 6.45) is 10.8. The van der Waals surface area contributed by atoms with Gasteiger partial charge >= 0.3 is 0 Å². The Balaban J connectivity index is 0.785. The zero-order valence-corrected chi connectivity index (χ0v) is 48.0. The van der Waals surface area contributed by atoms with Crippen LogP contribution in [0.1, 0.15) is 136 Å². The smallest absolute Gasteiger partial charge is 0.268 e. The van der Waals surface area contributed by atoms with Crippen molar-refractivity contribution in [3.05, 3.63) is 125 Å². The molecule has 5 aliphatic rings. The number of methoxy groups -OCH3 is 1. The lowest BCUT2D eigenvalue weighted by atomic mass is 9.69. The second kappa shape index (κ2) is 22.2. The number of imidazole rings is 1. The number of benzene rings is 4. The number of aliphatic hydroxyl groups is 1. The van der Waals surface area contributed by atoms with Gasteiger partial charge in [0, 0.05) is 88.3 Å². The van der Waals surface area contributed by atoms with Gasteiger partial charge in [-0.1, -0.05) is 50.2 Å². The van der Waals surface area contributed by atoms with E-state index in [-0.39, 0.29) is 62.3 Å². The van der Waals surface area contributed by atoms with Crippen molar-refractivity contribution in [2.45, 2.75) is 126 Å². The molecular formula is C63H76FN9O7S. The van der Waals surface area contributed by atoms with Gasteiger partial charge in [0.05, 0.1) is 47.8 Å². The quantitative estimate of drug-likeness (QED) is 0.0546. The van der Waals surface area contributed by atoms with Gasteiger partial charge in [0.25, 0.3) is 21.8 Å². The van der Waals surface area contributed by atoms with Gasteiger partial charge in [0.1, 0.15) is 33.4 Å². The minimum Gasteiger partial charge on any atom is -0.497 e. The summed E-state index contributed by atoms with van der Waals surface area (Å²) in [5.74, 6) is 0.938. The standard InChI is InChI=1S/C63H76FN9O7S/c1-6-79-61-54(30-49-51(64)33-66-59(49)69-61)80-53-29-43(15-18-47(53)60(74)70-81(76,77)55-31-48(42-13-14-42)56(58-57(55)67-38-68-58)65-32-40-19-22-62(4,75)23-20-40)72-27-24-63(25-28-72)36-73(37-63)52-21-26-71(34-41-11-16-44(78-5)17-12-41)35-50(52)46-10-8-7-9-45(46)39(2)3/h7-12,15-18,29-31,33,38-40,42,50,52,65,75H,6,13-14,19-28,32,34-37H2,1-5H3,(H,66,69)(H,67,68)(H,70,74)/t40-,50?,52?,62-. The molecule has 3 aromatic heterocycles. The van der Waals surface area contributed by atoms with Crippen molar-refractivity contribution in [3.8, 4) is 23.1 Å². The summed E-state index contributed by atoms with van der Waals surface area (Å²) >= 11 is 0. The SMILES string of the molecule is CCOc1nc2[nH]cc(F)c2cc1Oc1cc(N2CCC3(CC2)CN(C2CCN(Cc4ccc(OC)cc4)CC2c2ccccc2C(C)C)C3)ccc1C(=O)NS(=O)(=O)c1cc(C2CC2)c(NC[C@H]2CC[C@](C)(O)CC2)c2[nH]cnc12. The molecule has 3 saturated heterocycles. The van der Waals surface area contributed by atoms with Crippen molar-refractivity contribution in [1.29, 1.82) is 0 Å². The maximum Gasteiger partial charge on any atom is 0.268 e. The number of pyridine rings is 1. The number of fused-ring (bicyclic) bond motifs is 2. The highest BCUT2D eigenvalue weighted by atomic mass is 32.2. The van der Waals surface area contributed by atoms with Crippen molar-refractivity contribution in [2.24, 2.45) is 11.3 Å². The number of carbonyl (C=O) groups is 1. The predicted octanol–water partition coefficient (Wildman–Crippen LogP) is 11.2. The topological polar surface area (TPSA) is 190 Å². The van der Waals surface area contributed by atoms with Gasteiger partial charge in [0.15, 0.2) is 5.75 Å². The average molecular weight is 1120 g/mol. The van der Waals surface area contributed by atoms with Crippen LogP contribution < -0.4 is 29.1 Å². The summed E-state index contributed by atoms with van der Waals surface area (Å²) in [5.41, 5.74) is 7.19. The number of carbonyl (C=O) groups excluding carboxylic acids is 1. The lowest BCUT2D eigenvalue weighted by Crippen LogP contribution is -2.65. The van der Waals surface area contributed by atoms with Crippen LogP contribution in [0.25, 0.3) is 22.1 Å². The Hall–Kier alpha value is -6.73. The summed E-state index contributed by atoms with van der Waals surface area (Å²) in [6.45, 7) is 15.7. The van der Waals surface area contributed by atoms with E-state index in [2.05, 4.69) is 94.9 Å². The summed E-state index contributed by atoms with van der Waals surface area (Å²) < 4.78 is 64.8. The predicted molar refractivity (Wildman–Crippen MR) is 313 cm³/mol. The highest BCUT2D eigenvalue weighted by Gasteiger charge is 2.50. The van der Waals surface area contributed by atoms with Crippen molar-refractivity contribution in [3.63, 3.8) is 0 Å². The van der Waals surface area contributed by atoms with Crippen molar-refractivity contribution < 1.29 is 36.9 Å².